The van der Waals surface area contributed by atoms with E-state index in [-0.39, 0.29) is 11.9 Å². The summed E-state index contributed by atoms with van der Waals surface area (Å²) in [7, 11) is 0. The number of carboxylic acid groups (broad SMARTS) is 1. The van der Waals surface area contributed by atoms with Gasteiger partial charge < -0.3 is 10.4 Å². The molecule has 13 heavy (non-hydrogen) atoms. The average Bonchev–Trinajstić information content (AvgIpc) is 2.13. The third-order valence-electron chi connectivity index (χ3n) is 2.28. The molecular formula is C8H14N2O3. The van der Waals surface area contributed by atoms with Crippen molar-refractivity contribution in [3.8, 4) is 0 Å². The largest absolute Gasteiger partial charge is 0.465 e. The summed E-state index contributed by atoms with van der Waals surface area (Å²) < 4.78 is 0. The van der Waals surface area contributed by atoms with Gasteiger partial charge in [0.25, 0.3) is 0 Å². The molecule has 0 bridgehead atoms. The molecule has 1 saturated heterocycles. The fourth-order valence-corrected chi connectivity index (χ4v) is 1.36. The maximum Gasteiger partial charge on any atom is 0.407 e. The predicted octanol–water partition coefficient (Wildman–Crippen LogP) is 0.263. The third-order valence-corrected chi connectivity index (χ3v) is 2.28. The lowest BCUT2D eigenvalue weighted by Gasteiger charge is -2.21. The van der Waals surface area contributed by atoms with Crippen LogP contribution in [0, 0.1) is 0 Å². The van der Waals surface area contributed by atoms with E-state index >= 15 is 0 Å². The highest BCUT2D eigenvalue weighted by atomic mass is 16.4. The molecule has 1 fully saturated rings. The molecule has 0 spiro atoms. The Bertz CT molecular complexity index is 229. The molecule has 0 aromatic heterocycles. The maximum atomic E-state index is 11.3. The minimum Gasteiger partial charge on any atom is -0.465 e. The first kappa shape index (κ1) is 9.83. The standard InChI is InChI=1S/C8H14N2O3/c1-5-3-4-10(8(12)13)6(2)7(11)9-5/h5-6H,3-4H2,1-2H3,(H,9,11)(H,12,13)/t5-,6-/m1/s1. The van der Waals surface area contributed by atoms with E-state index in [1.165, 1.54) is 4.90 Å². The zero-order valence-corrected chi connectivity index (χ0v) is 7.78. The van der Waals surface area contributed by atoms with E-state index in [1.54, 1.807) is 6.92 Å². The molecule has 0 saturated carbocycles. The molecule has 2 atom stereocenters. The summed E-state index contributed by atoms with van der Waals surface area (Å²) in [4.78, 5) is 23.2. The van der Waals surface area contributed by atoms with E-state index < -0.39 is 12.1 Å². The summed E-state index contributed by atoms with van der Waals surface area (Å²) in [5.74, 6) is -0.215. The van der Waals surface area contributed by atoms with Crippen molar-refractivity contribution in [3.63, 3.8) is 0 Å². The van der Waals surface area contributed by atoms with Crippen molar-refractivity contribution in [2.24, 2.45) is 0 Å². The summed E-state index contributed by atoms with van der Waals surface area (Å²) >= 11 is 0. The predicted molar refractivity (Wildman–Crippen MR) is 46.4 cm³/mol. The molecule has 5 heteroatoms. The van der Waals surface area contributed by atoms with Gasteiger partial charge in [0.2, 0.25) is 5.91 Å². The second-order valence-corrected chi connectivity index (χ2v) is 3.35. The second-order valence-electron chi connectivity index (χ2n) is 3.35. The molecule has 0 radical (unpaired) electrons. The molecule has 0 aromatic rings. The molecular weight excluding hydrogens is 172 g/mol. The Morgan fingerprint density at radius 2 is 2.23 bits per heavy atom. The Morgan fingerprint density at radius 1 is 1.62 bits per heavy atom. The van der Waals surface area contributed by atoms with Gasteiger partial charge in [0.05, 0.1) is 0 Å². The van der Waals surface area contributed by atoms with Gasteiger partial charge in [-0.3, -0.25) is 9.69 Å². The first-order valence-corrected chi connectivity index (χ1v) is 4.32. The highest BCUT2D eigenvalue weighted by Crippen LogP contribution is 2.08. The minimum atomic E-state index is -1.03. The fourth-order valence-electron chi connectivity index (χ4n) is 1.36. The smallest absolute Gasteiger partial charge is 0.407 e. The summed E-state index contributed by atoms with van der Waals surface area (Å²) in [6, 6.07) is -0.526. The van der Waals surface area contributed by atoms with Crippen molar-refractivity contribution in [1.29, 1.82) is 0 Å². The van der Waals surface area contributed by atoms with Crippen molar-refractivity contribution >= 4 is 12.0 Å². The first-order valence-electron chi connectivity index (χ1n) is 4.32. The lowest BCUT2D eigenvalue weighted by atomic mass is 10.2. The van der Waals surface area contributed by atoms with Crippen LogP contribution < -0.4 is 5.32 Å². The SMILES string of the molecule is C[C@@H]1CCN(C(=O)O)[C@H](C)C(=O)N1. The van der Waals surface area contributed by atoms with Crippen LogP contribution in [0.15, 0.2) is 0 Å². The number of carbonyl (C=O) groups excluding carboxylic acids is 1. The van der Waals surface area contributed by atoms with Gasteiger partial charge in [-0.15, -0.1) is 0 Å². The Morgan fingerprint density at radius 3 is 2.77 bits per heavy atom. The van der Waals surface area contributed by atoms with Gasteiger partial charge in [-0.05, 0) is 20.3 Å². The number of hydrogen-bond donors (Lipinski definition) is 2. The van der Waals surface area contributed by atoms with E-state index in [9.17, 15) is 9.59 Å². The first-order chi connectivity index (χ1) is 6.02. The van der Waals surface area contributed by atoms with Gasteiger partial charge in [0, 0.05) is 12.6 Å². The lowest BCUT2D eigenvalue weighted by Crippen LogP contribution is -2.45. The van der Waals surface area contributed by atoms with Crippen LogP contribution in [-0.2, 0) is 4.79 Å². The number of rotatable bonds is 0. The van der Waals surface area contributed by atoms with E-state index in [1.807, 2.05) is 6.92 Å². The number of carbonyl (C=O) groups is 2. The normalized spacial score (nSPS) is 29.4. The number of nitrogens with one attached hydrogen (secondary N) is 1. The van der Waals surface area contributed by atoms with Crippen molar-refractivity contribution in [3.05, 3.63) is 0 Å². The van der Waals surface area contributed by atoms with E-state index in [4.69, 9.17) is 5.11 Å². The molecule has 74 valence electrons. The van der Waals surface area contributed by atoms with Gasteiger partial charge in [0.1, 0.15) is 6.04 Å². The average molecular weight is 186 g/mol. The molecule has 0 aliphatic carbocycles. The van der Waals surface area contributed by atoms with Crippen molar-refractivity contribution in [2.75, 3.05) is 6.54 Å². The van der Waals surface area contributed by atoms with Crippen LogP contribution >= 0.6 is 0 Å². The third kappa shape index (κ3) is 2.11. The topological polar surface area (TPSA) is 69.6 Å². The van der Waals surface area contributed by atoms with E-state index in [2.05, 4.69) is 5.32 Å². The second kappa shape index (κ2) is 3.64. The highest BCUT2D eigenvalue weighted by Gasteiger charge is 2.29. The van der Waals surface area contributed by atoms with Gasteiger partial charge in [-0.2, -0.15) is 0 Å². The van der Waals surface area contributed by atoms with Crippen molar-refractivity contribution < 1.29 is 14.7 Å². The van der Waals surface area contributed by atoms with Crippen molar-refractivity contribution in [1.82, 2.24) is 10.2 Å². The zero-order valence-electron chi connectivity index (χ0n) is 7.78. The maximum absolute atomic E-state index is 11.3. The molecule has 1 aliphatic rings. The molecule has 1 aliphatic heterocycles. The summed E-state index contributed by atoms with van der Waals surface area (Å²) in [5.41, 5.74) is 0. The zero-order chi connectivity index (χ0) is 10.0. The van der Waals surface area contributed by atoms with Gasteiger partial charge in [-0.25, -0.2) is 4.79 Å². The Balaban J connectivity index is 2.75. The lowest BCUT2D eigenvalue weighted by molar-refractivity contribution is -0.124. The van der Waals surface area contributed by atoms with Gasteiger partial charge in [0.15, 0.2) is 0 Å². The van der Waals surface area contributed by atoms with Gasteiger partial charge >= 0.3 is 6.09 Å². The van der Waals surface area contributed by atoms with Crippen LogP contribution in [0.25, 0.3) is 0 Å². The fraction of sp³-hybridized carbons (Fsp3) is 0.750. The van der Waals surface area contributed by atoms with Crippen LogP contribution in [0.3, 0.4) is 0 Å². The van der Waals surface area contributed by atoms with E-state index in [0.717, 1.165) is 0 Å². The monoisotopic (exact) mass is 186 g/mol. The van der Waals surface area contributed by atoms with E-state index in [0.29, 0.717) is 13.0 Å². The molecule has 0 aromatic carbocycles. The molecule has 2 amide bonds. The molecule has 1 heterocycles. The van der Waals surface area contributed by atoms with Crippen LogP contribution in [0.1, 0.15) is 20.3 Å². The molecule has 1 rings (SSSR count). The summed E-state index contributed by atoms with van der Waals surface area (Å²) in [6.45, 7) is 3.88. The molecule has 5 nitrogen and oxygen atoms in total. The molecule has 2 N–H and O–H groups in total. The Hall–Kier alpha value is -1.26. The number of amides is 2. The quantitative estimate of drug-likeness (QED) is 0.570. The van der Waals surface area contributed by atoms with Crippen molar-refractivity contribution in [2.45, 2.75) is 32.4 Å². The van der Waals surface area contributed by atoms with Crippen LogP contribution in [0.4, 0.5) is 4.79 Å². The Kier molecular flexibility index (Phi) is 2.75. The minimum absolute atomic E-state index is 0.0549. The highest BCUT2D eigenvalue weighted by molar-refractivity contribution is 5.85. The van der Waals surface area contributed by atoms with Crippen LogP contribution in [0.2, 0.25) is 0 Å². The number of nitrogens with zero attached hydrogens (tertiary/aromatic N) is 1. The van der Waals surface area contributed by atoms with Crippen LogP contribution in [-0.4, -0.2) is 40.6 Å². The number of hydrogen-bond acceptors (Lipinski definition) is 2. The van der Waals surface area contributed by atoms with Gasteiger partial charge in [-0.1, -0.05) is 0 Å². The Labute approximate surface area is 76.7 Å². The summed E-state index contributed by atoms with van der Waals surface area (Å²) in [6.07, 6.45) is -0.362. The van der Waals surface area contributed by atoms with Crippen LogP contribution in [0.5, 0.6) is 0 Å². The summed E-state index contributed by atoms with van der Waals surface area (Å²) in [5, 5.41) is 11.5. The molecule has 0 unspecified atom stereocenters.